The quantitative estimate of drug-likeness (QED) is 0.252. The Morgan fingerprint density at radius 3 is 2.25 bits per heavy atom. The summed E-state index contributed by atoms with van der Waals surface area (Å²) >= 11 is 0. The van der Waals surface area contributed by atoms with Crippen LogP contribution in [0.1, 0.15) is 95.2 Å². The first kappa shape index (κ1) is 24.4. The van der Waals surface area contributed by atoms with Gasteiger partial charge in [-0.3, -0.25) is 0 Å². The molecule has 1 fully saturated rings. The molecule has 0 amide bonds. The van der Waals surface area contributed by atoms with Gasteiger partial charge in [0.25, 0.3) is 0 Å². The van der Waals surface area contributed by atoms with Crippen LogP contribution >= 0.6 is 0 Å². The number of unbranched alkanes of at least 4 members (excludes halogenated alkanes) is 1. The van der Waals surface area contributed by atoms with E-state index in [1.165, 1.54) is 74.6 Å². The molecular formula is C30H42N2. The molecule has 0 saturated heterocycles. The van der Waals surface area contributed by atoms with Gasteiger partial charge in [-0.1, -0.05) is 101 Å². The average Bonchev–Trinajstić information content (AvgIpc) is 2.85. The van der Waals surface area contributed by atoms with Crippen LogP contribution in [0.5, 0.6) is 0 Å². The number of nitrogens with zero attached hydrogens (tertiary/aromatic N) is 2. The smallest absolute Gasteiger partial charge is 0.0733 e. The molecule has 1 aliphatic rings. The molecule has 2 aromatic rings. The number of benzene rings is 2. The Balaban J connectivity index is 1.70. The van der Waals surface area contributed by atoms with E-state index in [2.05, 4.69) is 80.5 Å². The molecule has 2 aromatic carbocycles. The van der Waals surface area contributed by atoms with Crippen molar-refractivity contribution in [3.63, 3.8) is 0 Å². The molecule has 1 atom stereocenters. The molecule has 2 nitrogen and oxygen atoms in total. The molecule has 32 heavy (non-hydrogen) atoms. The van der Waals surface area contributed by atoms with Crippen LogP contribution in [-0.2, 0) is 6.42 Å². The second kappa shape index (κ2) is 13.4. The first-order chi connectivity index (χ1) is 15.7. The van der Waals surface area contributed by atoms with Crippen molar-refractivity contribution in [1.29, 1.82) is 0 Å². The summed E-state index contributed by atoms with van der Waals surface area (Å²) in [4.78, 5) is 0. The maximum absolute atomic E-state index is 4.80. The minimum atomic E-state index is 0.515. The fraction of sp³-hybridized carbons (Fsp3) is 0.533. The Bertz CT molecular complexity index is 827. The van der Waals surface area contributed by atoms with E-state index < -0.39 is 0 Å². The van der Waals surface area contributed by atoms with Crippen LogP contribution in [-0.4, -0.2) is 11.9 Å². The molecule has 2 heteroatoms. The van der Waals surface area contributed by atoms with Gasteiger partial charge < -0.3 is 0 Å². The summed E-state index contributed by atoms with van der Waals surface area (Å²) < 4.78 is 0. The number of aryl methyl sites for hydroxylation is 1. The molecule has 1 unspecified atom stereocenters. The van der Waals surface area contributed by atoms with Crippen LogP contribution in [0.3, 0.4) is 0 Å². The van der Waals surface area contributed by atoms with E-state index in [1.54, 1.807) is 0 Å². The SMILES string of the molecule is CCCCc1ccc(C=NN=C(c2ccccc2)C2CCC(C(CC)CCC)CC2)cc1. The van der Waals surface area contributed by atoms with Gasteiger partial charge in [-0.2, -0.15) is 10.2 Å². The lowest BCUT2D eigenvalue weighted by Gasteiger charge is -2.34. The maximum Gasteiger partial charge on any atom is 0.0733 e. The number of rotatable bonds is 11. The Labute approximate surface area is 196 Å². The van der Waals surface area contributed by atoms with Crippen molar-refractivity contribution in [1.82, 2.24) is 0 Å². The van der Waals surface area contributed by atoms with Crippen LogP contribution in [0.4, 0.5) is 0 Å². The monoisotopic (exact) mass is 430 g/mol. The summed E-state index contributed by atoms with van der Waals surface area (Å²) in [5, 5.41) is 9.35. The molecule has 0 aromatic heterocycles. The van der Waals surface area contributed by atoms with Crippen molar-refractivity contribution >= 4 is 11.9 Å². The third-order valence-electron chi connectivity index (χ3n) is 7.25. The highest BCUT2D eigenvalue weighted by atomic mass is 15.2. The van der Waals surface area contributed by atoms with Gasteiger partial charge in [-0.25, -0.2) is 0 Å². The standard InChI is InChI=1S/C30H42N2/c1-4-7-12-24-15-17-25(18-16-24)23-31-32-30(28-13-9-8-10-14-28)29-21-19-27(20-22-29)26(6-3)11-5-2/h8-10,13-18,23,26-27,29H,4-7,11-12,19-22H2,1-3H3. The zero-order chi connectivity index (χ0) is 22.6. The maximum atomic E-state index is 4.80. The summed E-state index contributed by atoms with van der Waals surface area (Å²) in [7, 11) is 0. The Morgan fingerprint density at radius 1 is 0.906 bits per heavy atom. The fourth-order valence-electron chi connectivity index (χ4n) is 5.30. The third kappa shape index (κ3) is 7.15. The molecule has 0 aliphatic heterocycles. The van der Waals surface area contributed by atoms with E-state index in [0.29, 0.717) is 5.92 Å². The van der Waals surface area contributed by atoms with Gasteiger partial charge in [0.15, 0.2) is 0 Å². The lowest BCUT2D eigenvalue weighted by atomic mass is 9.72. The van der Waals surface area contributed by atoms with Gasteiger partial charge >= 0.3 is 0 Å². The van der Waals surface area contributed by atoms with E-state index in [0.717, 1.165) is 23.8 Å². The molecule has 0 heterocycles. The van der Waals surface area contributed by atoms with Crippen LogP contribution in [0, 0.1) is 17.8 Å². The van der Waals surface area contributed by atoms with Crippen LogP contribution in [0.15, 0.2) is 64.8 Å². The molecule has 0 spiro atoms. The van der Waals surface area contributed by atoms with Crippen molar-refractivity contribution in [2.24, 2.45) is 28.0 Å². The number of hydrogen-bond donors (Lipinski definition) is 0. The van der Waals surface area contributed by atoms with Crippen molar-refractivity contribution in [2.45, 2.75) is 85.0 Å². The highest BCUT2D eigenvalue weighted by molar-refractivity contribution is 6.02. The zero-order valence-electron chi connectivity index (χ0n) is 20.5. The molecule has 3 rings (SSSR count). The van der Waals surface area contributed by atoms with Crippen molar-refractivity contribution < 1.29 is 0 Å². The van der Waals surface area contributed by atoms with Crippen molar-refractivity contribution in [3.05, 3.63) is 71.3 Å². The summed E-state index contributed by atoms with van der Waals surface area (Å²) in [6.45, 7) is 6.93. The Hall–Kier alpha value is -2.22. The van der Waals surface area contributed by atoms with Crippen LogP contribution in [0.25, 0.3) is 0 Å². The third-order valence-corrected chi connectivity index (χ3v) is 7.25. The minimum Gasteiger partial charge on any atom is -0.158 e. The molecule has 1 aliphatic carbocycles. The first-order valence-electron chi connectivity index (χ1n) is 13.0. The van der Waals surface area contributed by atoms with Gasteiger partial charge in [0.2, 0.25) is 0 Å². The zero-order valence-corrected chi connectivity index (χ0v) is 20.5. The van der Waals surface area contributed by atoms with Crippen LogP contribution < -0.4 is 0 Å². The van der Waals surface area contributed by atoms with Gasteiger partial charge in [-0.05, 0) is 67.1 Å². The minimum absolute atomic E-state index is 0.515. The van der Waals surface area contributed by atoms with E-state index in [9.17, 15) is 0 Å². The van der Waals surface area contributed by atoms with Crippen molar-refractivity contribution in [3.8, 4) is 0 Å². The summed E-state index contributed by atoms with van der Waals surface area (Å²) in [5.41, 5.74) is 4.92. The largest absolute Gasteiger partial charge is 0.158 e. The van der Waals surface area contributed by atoms with E-state index >= 15 is 0 Å². The van der Waals surface area contributed by atoms with E-state index in [-0.39, 0.29) is 0 Å². The Kier molecular flexibility index (Phi) is 10.2. The topological polar surface area (TPSA) is 24.7 Å². The van der Waals surface area contributed by atoms with Gasteiger partial charge in [0, 0.05) is 5.92 Å². The molecule has 0 radical (unpaired) electrons. The highest BCUT2D eigenvalue weighted by Crippen LogP contribution is 2.38. The number of hydrogen-bond acceptors (Lipinski definition) is 2. The predicted molar refractivity (Wildman–Crippen MR) is 140 cm³/mol. The normalized spacial score (nSPS) is 20.5. The van der Waals surface area contributed by atoms with Crippen molar-refractivity contribution in [2.75, 3.05) is 0 Å². The van der Waals surface area contributed by atoms with Gasteiger partial charge in [0.05, 0.1) is 11.9 Å². The summed E-state index contributed by atoms with van der Waals surface area (Å²) in [6.07, 6.45) is 14.7. The highest BCUT2D eigenvalue weighted by Gasteiger charge is 2.29. The first-order valence-corrected chi connectivity index (χ1v) is 13.0. The lowest BCUT2D eigenvalue weighted by molar-refractivity contribution is 0.212. The fourth-order valence-corrected chi connectivity index (χ4v) is 5.30. The van der Waals surface area contributed by atoms with Gasteiger partial charge in [-0.15, -0.1) is 0 Å². The second-order valence-electron chi connectivity index (χ2n) is 9.51. The van der Waals surface area contributed by atoms with Crippen LogP contribution in [0.2, 0.25) is 0 Å². The molecule has 0 bridgehead atoms. The lowest BCUT2D eigenvalue weighted by Crippen LogP contribution is -2.26. The average molecular weight is 431 g/mol. The molecular weight excluding hydrogens is 388 g/mol. The Morgan fingerprint density at radius 2 is 1.62 bits per heavy atom. The second-order valence-corrected chi connectivity index (χ2v) is 9.51. The summed E-state index contributed by atoms with van der Waals surface area (Å²) in [5.74, 6) is 2.31. The molecule has 0 N–H and O–H groups in total. The molecule has 1 saturated carbocycles. The van der Waals surface area contributed by atoms with E-state index in [1.807, 2.05) is 6.21 Å². The van der Waals surface area contributed by atoms with Gasteiger partial charge in [0.1, 0.15) is 0 Å². The van der Waals surface area contributed by atoms with E-state index in [4.69, 9.17) is 5.10 Å². The molecule has 172 valence electrons. The summed E-state index contributed by atoms with van der Waals surface area (Å²) in [6, 6.07) is 19.5. The predicted octanol–water partition coefficient (Wildman–Crippen LogP) is 8.49.